The number of pyridine rings is 1. The lowest BCUT2D eigenvalue weighted by molar-refractivity contribution is 0.106. The largest absolute Gasteiger partial charge is 0.497 e. The average Bonchev–Trinajstić information content (AvgIpc) is 2.60. The van der Waals surface area contributed by atoms with E-state index in [-0.39, 0.29) is 0 Å². The molecule has 2 rings (SSSR count). The van der Waals surface area contributed by atoms with Crippen LogP contribution in [0.2, 0.25) is 0 Å². The summed E-state index contributed by atoms with van der Waals surface area (Å²) >= 11 is 0. The molecule has 0 aliphatic carbocycles. The number of anilines is 1. The van der Waals surface area contributed by atoms with E-state index in [0.29, 0.717) is 23.8 Å². The first-order valence-corrected chi connectivity index (χ1v) is 10.2. The van der Waals surface area contributed by atoms with Gasteiger partial charge in [-0.1, -0.05) is 47.6 Å². The van der Waals surface area contributed by atoms with Crippen LogP contribution < -0.4 is 10.1 Å². The Kier molecular flexibility index (Phi) is 7.91. The van der Waals surface area contributed by atoms with Crippen LogP contribution >= 0.6 is 0 Å². The van der Waals surface area contributed by atoms with Crippen molar-refractivity contribution in [2.24, 2.45) is 17.8 Å². The Balaban J connectivity index is 2.15. The number of hydrogen-bond acceptors (Lipinski definition) is 4. The van der Waals surface area contributed by atoms with Crippen molar-refractivity contribution >= 4 is 16.6 Å². The third-order valence-corrected chi connectivity index (χ3v) is 5.02. The Labute approximate surface area is 165 Å². The zero-order valence-electron chi connectivity index (χ0n) is 18.1. The SMILES string of the molecule is COc1cc(NCCN(CC(C)C)C(C(C)C)C(C)C)c2ncccc2c1. The maximum Gasteiger partial charge on any atom is 0.121 e. The summed E-state index contributed by atoms with van der Waals surface area (Å²) in [5, 5.41) is 4.71. The fourth-order valence-corrected chi connectivity index (χ4v) is 4.20. The number of nitrogens with one attached hydrogen (secondary N) is 1. The predicted octanol–water partition coefficient (Wildman–Crippen LogP) is 5.29. The van der Waals surface area contributed by atoms with Gasteiger partial charge in [-0.25, -0.2) is 0 Å². The van der Waals surface area contributed by atoms with E-state index in [0.717, 1.165) is 42.0 Å². The lowest BCUT2D eigenvalue weighted by Gasteiger charge is -2.38. The van der Waals surface area contributed by atoms with Crippen molar-refractivity contribution in [3.63, 3.8) is 0 Å². The molecule has 0 bridgehead atoms. The van der Waals surface area contributed by atoms with Gasteiger partial charge in [-0.05, 0) is 29.9 Å². The Bertz CT molecular complexity index is 704. The van der Waals surface area contributed by atoms with Gasteiger partial charge in [-0.2, -0.15) is 0 Å². The van der Waals surface area contributed by atoms with Crippen molar-refractivity contribution in [3.8, 4) is 5.75 Å². The number of nitrogens with zero attached hydrogens (tertiary/aromatic N) is 2. The smallest absolute Gasteiger partial charge is 0.121 e. The van der Waals surface area contributed by atoms with Crippen LogP contribution in [0, 0.1) is 17.8 Å². The van der Waals surface area contributed by atoms with E-state index in [1.54, 1.807) is 7.11 Å². The first-order chi connectivity index (χ1) is 12.8. The summed E-state index contributed by atoms with van der Waals surface area (Å²) < 4.78 is 5.47. The molecule has 1 aromatic carbocycles. The summed E-state index contributed by atoms with van der Waals surface area (Å²) in [6, 6.07) is 8.71. The second-order valence-electron chi connectivity index (χ2n) is 8.54. The lowest BCUT2D eigenvalue weighted by atomic mass is 9.91. The minimum atomic E-state index is 0.592. The number of methoxy groups -OCH3 is 1. The Morgan fingerprint density at radius 2 is 1.78 bits per heavy atom. The third kappa shape index (κ3) is 5.83. The standard InChI is InChI=1S/C23H37N3O/c1-16(2)15-26(23(17(3)4)18(5)6)12-11-24-21-14-20(27-7)13-19-9-8-10-25-22(19)21/h8-10,13-14,16-18,23-24H,11-12,15H2,1-7H3. The highest BCUT2D eigenvalue weighted by Gasteiger charge is 2.25. The molecular formula is C23H37N3O. The molecule has 27 heavy (non-hydrogen) atoms. The van der Waals surface area contributed by atoms with Gasteiger partial charge >= 0.3 is 0 Å². The zero-order valence-corrected chi connectivity index (χ0v) is 18.1. The second-order valence-corrected chi connectivity index (χ2v) is 8.54. The first-order valence-electron chi connectivity index (χ1n) is 10.2. The van der Waals surface area contributed by atoms with Crippen molar-refractivity contribution in [2.45, 2.75) is 47.6 Å². The molecule has 150 valence electrons. The molecule has 0 spiro atoms. The molecule has 1 heterocycles. The van der Waals surface area contributed by atoms with E-state index in [1.807, 2.05) is 24.4 Å². The van der Waals surface area contributed by atoms with Crippen molar-refractivity contribution in [2.75, 3.05) is 32.1 Å². The molecule has 0 radical (unpaired) electrons. The third-order valence-electron chi connectivity index (χ3n) is 5.02. The molecule has 0 amide bonds. The molecule has 0 saturated heterocycles. The summed E-state index contributed by atoms with van der Waals surface area (Å²) in [6.07, 6.45) is 1.85. The van der Waals surface area contributed by atoms with Gasteiger partial charge in [0.05, 0.1) is 18.3 Å². The highest BCUT2D eigenvalue weighted by Crippen LogP contribution is 2.28. The quantitative estimate of drug-likeness (QED) is 0.615. The minimum absolute atomic E-state index is 0.592. The molecule has 0 aliphatic heterocycles. The van der Waals surface area contributed by atoms with Crippen LogP contribution in [0.5, 0.6) is 5.75 Å². The van der Waals surface area contributed by atoms with Crippen LogP contribution in [0.4, 0.5) is 5.69 Å². The molecule has 2 aromatic rings. The van der Waals surface area contributed by atoms with Gasteiger partial charge in [0, 0.05) is 43.3 Å². The van der Waals surface area contributed by atoms with Gasteiger partial charge in [0.25, 0.3) is 0 Å². The van der Waals surface area contributed by atoms with Crippen molar-refractivity contribution in [1.29, 1.82) is 0 Å². The highest BCUT2D eigenvalue weighted by atomic mass is 16.5. The molecule has 4 heteroatoms. The molecule has 1 aromatic heterocycles. The van der Waals surface area contributed by atoms with Crippen LogP contribution in [0.15, 0.2) is 30.5 Å². The van der Waals surface area contributed by atoms with Gasteiger partial charge in [0.15, 0.2) is 0 Å². The molecule has 0 fully saturated rings. The Morgan fingerprint density at radius 3 is 2.37 bits per heavy atom. The molecule has 0 atom stereocenters. The number of aromatic nitrogens is 1. The van der Waals surface area contributed by atoms with Gasteiger partial charge < -0.3 is 10.1 Å². The van der Waals surface area contributed by atoms with E-state index >= 15 is 0 Å². The molecule has 0 unspecified atom stereocenters. The minimum Gasteiger partial charge on any atom is -0.497 e. The van der Waals surface area contributed by atoms with Gasteiger partial charge in [-0.15, -0.1) is 0 Å². The summed E-state index contributed by atoms with van der Waals surface area (Å²) in [4.78, 5) is 7.22. The van der Waals surface area contributed by atoms with E-state index < -0.39 is 0 Å². The molecule has 4 nitrogen and oxygen atoms in total. The van der Waals surface area contributed by atoms with E-state index in [2.05, 4.69) is 62.8 Å². The van der Waals surface area contributed by atoms with Crippen LogP contribution in [-0.4, -0.2) is 42.7 Å². The monoisotopic (exact) mass is 371 g/mol. The average molecular weight is 372 g/mol. The number of rotatable bonds is 10. The normalized spacial score (nSPS) is 12.1. The molecular weight excluding hydrogens is 334 g/mol. The van der Waals surface area contributed by atoms with Gasteiger partial charge in [0.1, 0.15) is 5.75 Å². The Hall–Kier alpha value is -1.81. The predicted molar refractivity (Wildman–Crippen MR) is 117 cm³/mol. The van der Waals surface area contributed by atoms with Crippen LogP contribution in [0.25, 0.3) is 10.9 Å². The van der Waals surface area contributed by atoms with E-state index in [9.17, 15) is 0 Å². The van der Waals surface area contributed by atoms with Crippen molar-refractivity contribution in [1.82, 2.24) is 9.88 Å². The maximum atomic E-state index is 5.47. The maximum absolute atomic E-state index is 5.47. The summed E-state index contributed by atoms with van der Waals surface area (Å²) in [5.74, 6) is 2.80. The molecule has 0 saturated carbocycles. The van der Waals surface area contributed by atoms with E-state index in [4.69, 9.17) is 4.74 Å². The molecule has 1 N–H and O–H groups in total. The first kappa shape index (κ1) is 21.5. The highest BCUT2D eigenvalue weighted by molar-refractivity contribution is 5.91. The summed E-state index contributed by atoms with van der Waals surface area (Å²) in [5.41, 5.74) is 2.04. The van der Waals surface area contributed by atoms with Gasteiger partial charge in [-0.3, -0.25) is 9.88 Å². The number of ether oxygens (including phenoxy) is 1. The lowest BCUT2D eigenvalue weighted by Crippen LogP contribution is -2.46. The van der Waals surface area contributed by atoms with Crippen molar-refractivity contribution in [3.05, 3.63) is 30.5 Å². The van der Waals surface area contributed by atoms with Crippen LogP contribution in [-0.2, 0) is 0 Å². The van der Waals surface area contributed by atoms with Crippen molar-refractivity contribution < 1.29 is 4.74 Å². The zero-order chi connectivity index (χ0) is 20.0. The molecule has 0 aliphatic rings. The second kappa shape index (κ2) is 9.93. The van der Waals surface area contributed by atoms with Gasteiger partial charge in [0.2, 0.25) is 0 Å². The number of fused-ring (bicyclic) bond motifs is 1. The topological polar surface area (TPSA) is 37.4 Å². The summed E-state index contributed by atoms with van der Waals surface area (Å²) in [7, 11) is 1.71. The van der Waals surface area contributed by atoms with E-state index in [1.165, 1.54) is 0 Å². The number of hydrogen-bond donors (Lipinski definition) is 1. The fraction of sp³-hybridized carbons (Fsp3) is 0.609. The van der Waals surface area contributed by atoms with Crippen LogP contribution in [0.3, 0.4) is 0 Å². The summed E-state index contributed by atoms with van der Waals surface area (Å²) in [6.45, 7) is 17.0. The fourth-order valence-electron chi connectivity index (χ4n) is 4.20. The number of benzene rings is 1. The van der Waals surface area contributed by atoms with Crippen LogP contribution in [0.1, 0.15) is 41.5 Å². The Morgan fingerprint density at radius 1 is 1.07 bits per heavy atom.